The monoisotopic (exact) mass is 237 g/mol. The topological polar surface area (TPSA) is 61.5 Å². The maximum absolute atomic E-state index is 11.6. The van der Waals surface area contributed by atoms with Gasteiger partial charge in [-0.1, -0.05) is 30.3 Å². The molecule has 0 saturated carbocycles. The third kappa shape index (κ3) is 4.54. The molecule has 2 unspecified atom stereocenters. The van der Waals surface area contributed by atoms with Gasteiger partial charge in [-0.3, -0.25) is 4.79 Å². The number of hydrogen-bond donors (Lipinski definition) is 1. The maximum Gasteiger partial charge on any atom is 0.309 e. The number of ether oxygens (including phenoxy) is 2. The Hall–Kier alpha value is -1.39. The molecule has 2 N–H and O–H groups in total. The van der Waals surface area contributed by atoms with E-state index in [-0.39, 0.29) is 24.6 Å². The Balaban J connectivity index is 2.46. The van der Waals surface area contributed by atoms with E-state index in [2.05, 4.69) is 0 Å². The molecule has 0 fully saturated rings. The van der Waals surface area contributed by atoms with Crippen molar-refractivity contribution in [1.29, 1.82) is 0 Å². The summed E-state index contributed by atoms with van der Waals surface area (Å²) in [5, 5.41) is 0. The van der Waals surface area contributed by atoms with Crippen molar-refractivity contribution in [2.75, 3.05) is 13.7 Å². The molecule has 0 aromatic heterocycles. The molecule has 0 amide bonds. The van der Waals surface area contributed by atoms with Crippen LogP contribution in [0.3, 0.4) is 0 Å². The van der Waals surface area contributed by atoms with Crippen LogP contribution in [0.2, 0.25) is 0 Å². The predicted octanol–water partition coefficient (Wildman–Crippen LogP) is 1.65. The third-order valence-electron chi connectivity index (χ3n) is 2.57. The molecule has 1 aromatic carbocycles. The number of methoxy groups -OCH3 is 1. The van der Waals surface area contributed by atoms with Gasteiger partial charge in [-0.15, -0.1) is 0 Å². The van der Waals surface area contributed by atoms with E-state index in [1.165, 1.54) is 7.11 Å². The van der Waals surface area contributed by atoms with Gasteiger partial charge < -0.3 is 15.2 Å². The van der Waals surface area contributed by atoms with E-state index < -0.39 is 0 Å². The van der Waals surface area contributed by atoms with Crippen LogP contribution in [0.4, 0.5) is 0 Å². The minimum absolute atomic E-state index is 0.185. The van der Waals surface area contributed by atoms with Crippen LogP contribution in [-0.2, 0) is 14.3 Å². The van der Waals surface area contributed by atoms with Gasteiger partial charge in [-0.2, -0.15) is 0 Å². The first-order chi connectivity index (χ1) is 8.17. The molecule has 0 spiro atoms. The van der Waals surface area contributed by atoms with Gasteiger partial charge in [0.05, 0.1) is 12.5 Å². The van der Waals surface area contributed by atoms with Crippen molar-refractivity contribution >= 4 is 5.97 Å². The molecule has 0 heterocycles. The van der Waals surface area contributed by atoms with Crippen LogP contribution in [0.25, 0.3) is 0 Å². The van der Waals surface area contributed by atoms with Crippen LogP contribution in [0, 0.1) is 0 Å². The molecular formula is C13H19NO3. The van der Waals surface area contributed by atoms with Gasteiger partial charge in [-0.05, 0) is 12.5 Å². The summed E-state index contributed by atoms with van der Waals surface area (Å²) in [7, 11) is 1.53. The van der Waals surface area contributed by atoms with E-state index in [0.29, 0.717) is 6.54 Å². The Labute approximate surface area is 102 Å². The van der Waals surface area contributed by atoms with Crippen molar-refractivity contribution < 1.29 is 14.3 Å². The smallest absolute Gasteiger partial charge is 0.309 e. The van der Waals surface area contributed by atoms with E-state index in [4.69, 9.17) is 15.2 Å². The van der Waals surface area contributed by atoms with Gasteiger partial charge in [0.25, 0.3) is 0 Å². The lowest BCUT2D eigenvalue weighted by atomic mass is 10.1. The van der Waals surface area contributed by atoms with Gasteiger partial charge in [0.1, 0.15) is 6.10 Å². The summed E-state index contributed by atoms with van der Waals surface area (Å²) in [6.07, 6.45) is -0.339. The van der Waals surface area contributed by atoms with Gasteiger partial charge >= 0.3 is 5.97 Å². The van der Waals surface area contributed by atoms with Crippen molar-refractivity contribution in [3.8, 4) is 0 Å². The average Bonchev–Trinajstić information content (AvgIpc) is 2.37. The maximum atomic E-state index is 11.6. The number of nitrogens with two attached hydrogens (primary N) is 1. The molecule has 17 heavy (non-hydrogen) atoms. The second-order valence-electron chi connectivity index (χ2n) is 3.84. The normalized spacial score (nSPS) is 14.1. The first-order valence-corrected chi connectivity index (χ1v) is 5.64. The molecule has 1 aromatic rings. The number of esters is 1. The van der Waals surface area contributed by atoms with Crippen molar-refractivity contribution in [2.45, 2.75) is 25.6 Å². The average molecular weight is 237 g/mol. The fourth-order valence-electron chi connectivity index (χ4n) is 1.49. The van der Waals surface area contributed by atoms with Gasteiger partial charge in [0, 0.05) is 13.7 Å². The highest BCUT2D eigenvalue weighted by Crippen LogP contribution is 2.17. The second-order valence-corrected chi connectivity index (χ2v) is 3.84. The van der Waals surface area contributed by atoms with E-state index in [0.717, 1.165) is 5.56 Å². The molecule has 4 nitrogen and oxygen atoms in total. The zero-order valence-electron chi connectivity index (χ0n) is 10.3. The van der Waals surface area contributed by atoms with Crippen LogP contribution in [0.1, 0.15) is 25.0 Å². The highest BCUT2D eigenvalue weighted by Gasteiger charge is 2.16. The third-order valence-corrected chi connectivity index (χ3v) is 2.57. The summed E-state index contributed by atoms with van der Waals surface area (Å²) >= 11 is 0. The van der Waals surface area contributed by atoms with E-state index in [1.807, 2.05) is 37.3 Å². The molecule has 1 rings (SSSR count). The molecule has 2 atom stereocenters. The first kappa shape index (κ1) is 13.7. The molecule has 0 aliphatic rings. The van der Waals surface area contributed by atoms with Gasteiger partial charge in [0.15, 0.2) is 0 Å². The molecule has 94 valence electrons. The summed E-state index contributed by atoms with van der Waals surface area (Å²) in [4.78, 5) is 11.6. The Morgan fingerprint density at radius 2 is 2.00 bits per heavy atom. The van der Waals surface area contributed by atoms with E-state index in [1.54, 1.807) is 0 Å². The summed E-state index contributed by atoms with van der Waals surface area (Å²) in [6, 6.07) is 9.60. The van der Waals surface area contributed by atoms with Gasteiger partial charge in [-0.25, -0.2) is 0 Å². The molecule has 0 aliphatic heterocycles. The van der Waals surface area contributed by atoms with Crippen LogP contribution in [0.15, 0.2) is 30.3 Å². The zero-order valence-corrected chi connectivity index (χ0v) is 10.3. The van der Waals surface area contributed by atoms with Crippen molar-refractivity contribution in [1.82, 2.24) is 0 Å². The highest BCUT2D eigenvalue weighted by molar-refractivity contribution is 5.70. The molecule has 0 radical (unpaired) electrons. The standard InChI is InChI=1S/C13H19NO3/c1-10(11-6-4-3-5-7-11)17-13(15)8-12(9-14)16-2/h3-7,10,12H,8-9,14H2,1-2H3. The van der Waals surface area contributed by atoms with Crippen LogP contribution in [0.5, 0.6) is 0 Å². The lowest BCUT2D eigenvalue weighted by molar-refractivity contribution is -0.151. The van der Waals surface area contributed by atoms with E-state index >= 15 is 0 Å². The lowest BCUT2D eigenvalue weighted by Crippen LogP contribution is -2.26. The fraction of sp³-hybridized carbons (Fsp3) is 0.462. The summed E-state index contributed by atoms with van der Waals surface area (Å²) in [6.45, 7) is 2.16. The van der Waals surface area contributed by atoms with E-state index in [9.17, 15) is 4.79 Å². The minimum Gasteiger partial charge on any atom is -0.458 e. The number of hydrogen-bond acceptors (Lipinski definition) is 4. The Morgan fingerprint density at radius 3 is 2.53 bits per heavy atom. The van der Waals surface area contributed by atoms with Crippen molar-refractivity contribution in [3.63, 3.8) is 0 Å². The number of benzene rings is 1. The Bertz CT molecular complexity index is 336. The van der Waals surface area contributed by atoms with Crippen LogP contribution in [-0.4, -0.2) is 25.7 Å². The van der Waals surface area contributed by atoms with Crippen LogP contribution < -0.4 is 5.73 Å². The first-order valence-electron chi connectivity index (χ1n) is 5.64. The quantitative estimate of drug-likeness (QED) is 0.764. The molecule has 4 heteroatoms. The summed E-state index contributed by atoms with van der Waals surface area (Å²) in [5.74, 6) is -0.293. The Kier molecular flexibility index (Phi) is 5.66. The summed E-state index contributed by atoms with van der Waals surface area (Å²) < 4.78 is 10.3. The number of rotatable bonds is 6. The van der Waals surface area contributed by atoms with Crippen molar-refractivity contribution in [3.05, 3.63) is 35.9 Å². The van der Waals surface area contributed by atoms with Crippen LogP contribution >= 0.6 is 0 Å². The largest absolute Gasteiger partial charge is 0.458 e. The highest BCUT2D eigenvalue weighted by atomic mass is 16.5. The SMILES string of the molecule is COC(CN)CC(=O)OC(C)c1ccccc1. The van der Waals surface area contributed by atoms with Gasteiger partial charge in [0.2, 0.25) is 0 Å². The number of carbonyl (C=O) groups is 1. The molecule has 0 bridgehead atoms. The predicted molar refractivity (Wildman–Crippen MR) is 65.4 cm³/mol. The van der Waals surface area contributed by atoms with Crippen molar-refractivity contribution in [2.24, 2.45) is 5.73 Å². The fourth-order valence-corrected chi connectivity index (χ4v) is 1.49. The lowest BCUT2D eigenvalue weighted by Gasteiger charge is -2.16. The summed E-state index contributed by atoms with van der Waals surface area (Å²) in [5.41, 5.74) is 6.42. The second kappa shape index (κ2) is 7.04. The molecule has 0 aliphatic carbocycles. The number of carbonyl (C=O) groups excluding carboxylic acids is 1. The zero-order chi connectivity index (χ0) is 12.7. The molecular weight excluding hydrogens is 218 g/mol. The molecule has 0 saturated heterocycles. The minimum atomic E-state index is -0.293. The Morgan fingerprint density at radius 1 is 1.35 bits per heavy atom.